The van der Waals surface area contributed by atoms with Crippen molar-refractivity contribution in [2.45, 2.75) is 13.5 Å². The maximum atomic E-state index is 11.3. The Hall–Kier alpha value is -3.02. The second-order valence-corrected chi connectivity index (χ2v) is 4.91. The number of aryl methyl sites for hydroxylation is 1. The van der Waals surface area contributed by atoms with Crippen LogP contribution in [-0.4, -0.2) is 20.5 Å². The van der Waals surface area contributed by atoms with Crippen LogP contribution < -0.4 is 10.5 Å². The normalized spacial score (nSPS) is 10.8. The van der Waals surface area contributed by atoms with Crippen molar-refractivity contribution >= 4 is 17.3 Å². The van der Waals surface area contributed by atoms with E-state index in [9.17, 15) is 9.90 Å². The minimum absolute atomic E-state index is 0.0318. The molecular formula is C16H15N3O3. The van der Waals surface area contributed by atoms with E-state index in [-0.39, 0.29) is 12.3 Å². The van der Waals surface area contributed by atoms with Gasteiger partial charge in [0.1, 0.15) is 18.2 Å². The van der Waals surface area contributed by atoms with Crippen LogP contribution in [-0.2, 0) is 6.61 Å². The summed E-state index contributed by atoms with van der Waals surface area (Å²) in [6, 6.07) is 12.7. The first kappa shape index (κ1) is 13.9. The van der Waals surface area contributed by atoms with E-state index in [1.54, 1.807) is 22.6 Å². The van der Waals surface area contributed by atoms with Crippen LogP contribution in [0.4, 0.5) is 5.82 Å². The molecule has 1 aromatic carbocycles. The third-order valence-electron chi connectivity index (χ3n) is 3.41. The van der Waals surface area contributed by atoms with Crippen molar-refractivity contribution in [1.82, 2.24) is 9.38 Å². The molecule has 6 nitrogen and oxygen atoms in total. The number of nitrogens with two attached hydrogens (primary N) is 1. The predicted molar refractivity (Wildman–Crippen MR) is 82.1 cm³/mol. The van der Waals surface area contributed by atoms with Crippen molar-refractivity contribution in [2.24, 2.45) is 0 Å². The monoisotopic (exact) mass is 297 g/mol. The third-order valence-corrected chi connectivity index (χ3v) is 3.41. The number of carboxylic acid groups (broad SMARTS) is 1. The lowest BCUT2D eigenvalue weighted by Gasteiger charge is -2.09. The van der Waals surface area contributed by atoms with Gasteiger partial charge < -0.3 is 15.6 Å². The van der Waals surface area contributed by atoms with Crippen molar-refractivity contribution in [3.05, 3.63) is 59.5 Å². The van der Waals surface area contributed by atoms with Crippen LogP contribution in [0.3, 0.4) is 0 Å². The molecule has 0 unspecified atom stereocenters. The summed E-state index contributed by atoms with van der Waals surface area (Å²) in [7, 11) is 0. The molecule has 0 aliphatic carbocycles. The molecule has 0 saturated carbocycles. The minimum atomic E-state index is -1.09. The fourth-order valence-corrected chi connectivity index (χ4v) is 2.35. The lowest BCUT2D eigenvalue weighted by atomic mass is 10.2. The quantitative estimate of drug-likeness (QED) is 0.772. The molecule has 0 aliphatic rings. The number of nitrogen functional groups attached to an aromatic ring is 1. The summed E-state index contributed by atoms with van der Waals surface area (Å²) in [6.07, 6.45) is 0. The SMILES string of the molecule is Cc1ccccc1OCc1nc(C(=O)O)c2cccc(N)n12. The number of carbonyl (C=O) groups is 1. The molecule has 3 rings (SSSR count). The molecule has 22 heavy (non-hydrogen) atoms. The number of pyridine rings is 1. The maximum absolute atomic E-state index is 11.3. The average Bonchev–Trinajstić information content (AvgIpc) is 2.87. The molecule has 6 heteroatoms. The Kier molecular flexibility index (Phi) is 3.42. The number of aromatic carboxylic acids is 1. The van der Waals surface area contributed by atoms with Crippen molar-refractivity contribution in [3.63, 3.8) is 0 Å². The third kappa shape index (κ3) is 2.35. The number of anilines is 1. The van der Waals surface area contributed by atoms with Gasteiger partial charge in [-0.1, -0.05) is 24.3 Å². The zero-order chi connectivity index (χ0) is 15.7. The molecule has 0 atom stereocenters. The Balaban J connectivity index is 2.00. The molecular weight excluding hydrogens is 282 g/mol. The average molecular weight is 297 g/mol. The van der Waals surface area contributed by atoms with Crippen LogP contribution in [0.1, 0.15) is 21.9 Å². The molecule has 3 N–H and O–H groups in total. The van der Waals surface area contributed by atoms with Crippen LogP contribution in [0.5, 0.6) is 5.75 Å². The molecule has 0 bridgehead atoms. The number of benzene rings is 1. The second-order valence-electron chi connectivity index (χ2n) is 4.91. The summed E-state index contributed by atoms with van der Waals surface area (Å²) in [5.41, 5.74) is 7.36. The van der Waals surface area contributed by atoms with E-state index >= 15 is 0 Å². The van der Waals surface area contributed by atoms with E-state index in [0.29, 0.717) is 17.2 Å². The number of ether oxygens (including phenoxy) is 1. The number of para-hydroxylation sites is 1. The Bertz CT molecular complexity index is 855. The lowest BCUT2D eigenvalue weighted by Crippen LogP contribution is -2.05. The van der Waals surface area contributed by atoms with E-state index in [1.807, 2.05) is 31.2 Å². The summed E-state index contributed by atoms with van der Waals surface area (Å²) in [4.78, 5) is 15.5. The summed E-state index contributed by atoms with van der Waals surface area (Å²) in [5.74, 6) is 0.505. The van der Waals surface area contributed by atoms with E-state index in [1.165, 1.54) is 0 Å². The van der Waals surface area contributed by atoms with Gasteiger partial charge in [0.2, 0.25) is 0 Å². The van der Waals surface area contributed by atoms with Gasteiger partial charge in [-0.05, 0) is 30.7 Å². The lowest BCUT2D eigenvalue weighted by molar-refractivity contribution is 0.0693. The molecule has 0 aliphatic heterocycles. The first-order chi connectivity index (χ1) is 10.6. The van der Waals surface area contributed by atoms with Crippen LogP contribution in [0.2, 0.25) is 0 Å². The summed E-state index contributed by atoms with van der Waals surface area (Å²) in [5, 5.41) is 9.26. The number of hydrogen-bond acceptors (Lipinski definition) is 4. The number of rotatable bonds is 4. The van der Waals surface area contributed by atoms with Crippen LogP contribution in [0, 0.1) is 6.92 Å². The zero-order valence-electron chi connectivity index (χ0n) is 12.0. The molecule has 0 saturated heterocycles. The highest BCUT2D eigenvalue weighted by Gasteiger charge is 2.18. The van der Waals surface area contributed by atoms with Gasteiger partial charge in [-0.3, -0.25) is 4.40 Å². The van der Waals surface area contributed by atoms with Gasteiger partial charge in [-0.15, -0.1) is 0 Å². The molecule has 0 spiro atoms. The Morgan fingerprint density at radius 1 is 1.27 bits per heavy atom. The van der Waals surface area contributed by atoms with Crippen molar-refractivity contribution in [2.75, 3.05) is 5.73 Å². The molecule has 0 radical (unpaired) electrons. The highest BCUT2D eigenvalue weighted by Crippen LogP contribution is 2.21. The number of carboxylic acids is 1. The van der Waals surface area contributed by atoms with Crippen molar-refractivity contribution in [1.29, 1.82) is 0 Å². The fraction of sp³-hybridized carbons (Fsp3) is 0.125. The van der Waals surface area contributed by atoms with E-state index in [2.05, 4.69) is 4.98 Å². The molecule has 0 amide bonds. The zero-order valence-corrected chi connectivity index (χ0v) is 12.0. The van der Waals surface area contributed by atoms with Gasteiger partial charge in [-0.2, -0.15) is 0 Å². The standard InChI is InChI=1S/C16H15N3O3/c1-10-5-2-3-7-12(10)22-9-14-18-15(16(20)21)11-6-4-8-13(17)19(11)14/h2-8H,9,17H2,1H3,(H,20,21). The number of imidazole rings is 1. The molecule has 0 fully saturated rings. The topological polar surface area (TPSA) is 89.8 Å². The van der Waals surface area contributed by atoms with Gasteiger partial charge in [0, 0.05) is 0 Å². The Morgan fingerprint density at radius 3 is 2.77 bits per heavy atom. The molecule has 2 heterocycles. The summed E-state index contributed by atoms with van der Waals surface area (Å²) < 4.78 is 7.35. The smallest absolute Gasteiger partial charge is 0.356 e. The van der Waals surface area contributed by atoms with Crippen molar-refractivity contribution in [3.8, 4) is 5.75 Å². The van der Waals surface area contributed by atoms with Crippen molar-refractivity contribution < 1.29 is 14.6 Å². The number of hydrogen-bond donors (Lipinski definition) is 2. The van der Waals surface area contributed by atoms with Gasteiger partial charge in [0.15, 0.2) is 11.5 Å². The van der Waals surface area contributed by atoms with Gasteiger partial charge >= 0.3 is 5.97 Å². The number of aromatic nitrogens is 2. The number of fused-ring (bicyclic) bond motifs is 1. The molecule has 2 aromatic heterocycles. The number of nitrogens with zero attached hydrogens (tertiary/aromatic N) is 2. The fourth-order valence-electron chi connectivity index (χ4n) is 2.35. The van der Waals surface area contributed by atoms with E-state index in [4.69, 9.17) is 10.5 Å². The van der Waals surface area contributed by atoms with Crippen LogP contribution in [0.15, 0.2) is 42.5 Å². The highest BCUT2D eigenvalue weighted by molar-refractivity contribution is 5.94. The predicted octanol–water partition coefficient (Wildman–Crippen LogP) is 2.50. The van der Waals surface area contributed by atoms with Crippen LogP contribution >= 0.6 is 0 Å². The Morgan fingerprint density at radius 2 is 2.05 bits per heavy atom. The highest BCUT2D eigenvalue weighted by atomic mass is 16.5. The van der Waals surface area contributed by atoms with Crippen LogP contribution in [0.25, 0.3) is 5.52 Å². The van der Waals surface area contributed by atoms with E-state index < -0.39 is 5.97 Å². The first-order valence-corrected chi connectivity index (χ1v) is 6.75. The first-order valence-electron chi connectivity index (χ1n) is 6.75. The molecule has 112 valence electrons. The summed E-state index contributed by atoms with van der Waals surface area (Å²) >= 11 is 0. The Labute approximate surface area is 126 Å². The summed E-state index contributed by atoms with van der Waals surface area (Å²) in [6.45, 7) is 2.07. The molecule has 3 aromatic rings. The second kappa shape index (κ2) is 5.40. The maximum Gasteiger partial charge on any atom is 0.356 e. The van der Waals surface area contributed by atoms with Gasteiger partial charge in [-0.25, -0.2) is 9.78 Å². The van der Waals surface area contributed by atoms with Gasteiger partial charge in [0.25, 0.3) is 0 Å². The van der Waals surface area contributed by atoms with Gasteiger partial charge in [0.05, 0.1) is 5.52 Å². The van der Waals surface area contributed by atoms with E-state index in [0.717, 1.165) is 11.3 Å². The minimum Gasteiger partial charge on any atom is -0.485 e. The largest absolute Gasteiger partial charge is 0.485 e.